The fraction of sp³-hybridized carbons (Fsp3) is 0.200. The molecule has 1 N–H and O–H groups in total. The second-order valence-electron chi connectivity index (χ2n) is 4.24. The number of aliphatic hydroxyl groups excluding tert-OH is 1. The summed E-state index contributed by atoms with van der Waals surface area (Å²) in [5.74, 6) is 0.742. The first-order chi connectivity index (χ1) is 9.10. The van der Waals surface area contributed by atoms with Gasteiger partial charge in [0.1, 0.15) is 5.75 Å². The molecule has 0 radical (unpaired) electrons. The zero-order chi connectivity index (χ0) is 13.8. The first-order valence-electron chi connectivity index (χ1n) is 5.86. The molecule has 0 aliphatic heterocycles. The normalized spacial score (nSPS) is 12.2. The molecule has 0 aliphatic carbocycles. The highest BCUT2D eigenvalue weighted by molar-refractivity contribution is 9.10. The van der Waals surface area contributed by atoms with Gasteiger partial charge in [0.25, 0.3) is 0 Å². The van der Waals surface area contributed by atoms with Gasteiger partial charge in [-0.25, -0.2) is 0 Å². The van der Waals surface area contributed by atoms with E-state index in [0.29, 0.717) is 6.42 Å². The summed E-state index contributed by atoms with van der Waals surface area (Å²) >= 11 is 6.90. The van der Waals surface area contributed by atoms with E-state index in [1.807, 2.05) is 42.5 Å². The summed E-state index contributed by atoms with van der Waals surface area (Å²) in [4.78, 5) is 0. The number of hydrogen-bond donors (Lipinski definition) is 1. The smallest absolute Gasteiger partial charge is 0.119 e. The number of methoxy groups -OCH3 is 1. The maximum Gasteiger partial charge on any atom is 0.119 e. The van der Waals surface area contributed by atoms with Crippen LogP contribution in [0.2, 0.25) is 0 Å². The molecule has 0 aliphatic rings. The molecule has 0 saturated carbocycles. The predicted molar refractivity (Wildman–Crippen MR) is 83.5 cm³/mol. The summed E-state index contributed by atoms with van der Waals surface area (Å²) in [6.45, 7) is 0. The molecule has 2 rings (SSSR count). The second kappa shape index (κ2) is 6.55. The zero-order valence-corrected chi connectivity index (χ0v) is 13.6. The van der Waals surface area contributed by atoms with Crippen molar-refractivity contribution in [3.8, 4) is 5.75 Å². The Morgan fingerprint density at radius 1 is 1.16 bits per heavy atom. The molecule has 1 atom stereocenters. The van der Waals surface area contributed by atoms with Gasteiger partial charge >= 0.3 is 0 Å². The van der Waals surface area contributed by atoms with E-state index in [-0.39, 0.29) is 0 Å². The Morgan fingerprint density at radius 3 is 2.63 bits per heavy atom. The van der Waals surface area contributed by atoms with Gasteiger partial charge in [-0.05, 0) is 41.5 Å². The average molecular weight is 386 g/mol. The van der Waals surface area contributed by atoms with Crippen molar-refractivity contribution < 1.29 is 9.84 Å². The molecule has 2 aromatic carbocycles. The van der Waals surface area contributed by atoms with E-state index in [9.17, 15) is 5.11 Å². The van der Waals surface area contributed by atoms with Gasteiger partial charge in [-0.3, -0.25) is 0 Å². The Bertz CT molecular complexity index is 570. The van der Waals surface area contributed by atoms with Gasteiger partial charge in [0.2, 0.25) is 0 Å². The van der Waals surface area contributed by atoms with E-state index in [2.05, 4.69) is 31.9 Å². The Morgan fingerprint density at radius 2 is 1.95 bits per heavy atom. The molecule has 0 heterocycles. The van der Waals surface area contributed by atoms with E-state index < -0.39 is 6.10 Å². The first kappa shape index (κ1) is 14.6. The van der Waals surface area contributed by atoms with Crippen LogP contribution in [0.4, 0.5) is 0 Å². The van der Waals surface area contributed by atoms with Crippen LogP contribution >= 0.6 is 31.9 Å². The van der Waals surface area contributed by atoms with Crippen LogP contribution in [-0.4, -0.2) is 12.2 Å². The Balaban J connectivity index is 2.22. The van der Waals surface area contributed by atoms with Gasteiger partial charge in [-0.2, -0.15) is 0 Å². The highest BCUT2D eigenvalue weighted by Gasteiger charge is 2.13. The molecule has 2 aromatic rings. The highest BCUT2D eigenvalue weighted by Crippen LogP contribution is 2.30. The van der Waals surface area contributed by atoms with Crippen molar-refractivity contribution in [1.82, 2.24) is 0 Å². The minimum atomic E-state index is -0.571. The molecule has 0 aromatic heterocycles. The number of aliphatic hydroxyl groups is 1. The fourth-order valence-electron chi connectivity index (χ4n) is 1.90. The van der Waals surface area contributed by atoms with Gasteiger partial charge < -0.3 is 9.84 Å². The van der Waals surface area contributed by atoms with E-state index in [4.69, 9.17) is 4.74 Å². The van der Waals surface area contributed by atoms with Crippen molar-refractivity contribution in [3.63, 3.8) is 0 Å². The van der Waals surface area contributed by atoms with Gasteiger partial charge in [0.05, 0.1) is 13.2 Å². The van der Waals surface area contributed by atoms with Crippen LogP contribution in [0, 0.1) is 0 Å². The minimum Gasteiger partial charge on any atom is -0.497 e. The van der Waals surface area contributed by atoms with Gasteiger partial charge in [-0.15, -0.1) is 0 Å². The number of rotatable bonds is 4. The molecule has 4 heteroatoms. The van der Waals surface area contributed by atoms with Crippen LogP contribution in [0.25, 0.3) is 0 Å². The van der Waals surface area contributed by atoms with Gasteiger partial charge in [-0.1, -0.05) is 44.0 Å². The minimum absolute atomic E-state index is 0.561. The third-order valence-corrected chi connectivity index (χ3v) is 4.10. The van der Waals surface area contributed by atoms with E-state index >= 15 is 0 Å². The van der Waals surface area contributed by atoms with Crippen molar-refractivity contribution in [3.05, 3.63) is 62.5 Å². The standard InChI is InChI=1S/C15H14Br2O2/c1-19-12-5-6-14(17)13(9-12)15(18)8-10-3-2-4-11(16)7-10/h2-7,9,15,18H,8H2,1H3. The van der Waals surface area contributed by atoms with Crippen molar-refractivity contribution in [2.45, 2.75) is 12.5 Å². The largest absolute Gasteiger partial charge is 0.497 e. The maximum atomic E-state index is 10.4. The van der Waals surface area contributed by atoms with E-state index in [0.717, 1.165) is 25.8 Å². The first-order valence-corrected chi connectivity index (χ1v) is 7.44. The third-order valence-electron chi connectivity index (χ3n) is 2.88. The van der Waals surface area contributed by atoms with Crippen molar-refractivity contribution in [2.24, 2.45) is 0 Å². The molecule has 2 nitrogen and oxygen atoms in total. The molecule has 0 bridgehead atoms. The number of hydrogen-bond acceptors (Lipinski definition) is 2. The maximum absolute atomic E-state index is 10.4. The second-order valence-corrected chi connectivity index (χ2v) is 6.01. The Hall–Kier alpha value is -0.840. The molecule has 1 unspecified atom stereocenters. The SMILES string of the molecule is COc1ccc(Br)c(C(O)Cc2cccc(Br)c2)c1. The monoisotopic (exact) mass is 384 g/mol. The Kier molecular flexibility index (Phi) is 5.02. The molecule has 0 spiro atoms. The van der Waals surface area contributed by atoms with Crippen LogP contribution in [0.5, 0.6) is 5.75 Å². The van der Waals surface area contributed by atoms with Crippen LogP contribution < -0.4 is 4.74 Å². The molecule has 19 heavy (non-hydrogen) atoms. The summed E-state index contributed by atoms with van der Waals surface area (Å²) < 4.78 is 7.09. The van der Waals surface area contributed by atoms with E-state index in [1.54, 1.807) is 7.11 Å². The summed E-state index contributed by atoms with van der Waals surface area (Å²) in [7, 11) is 1.62. The number of ether oxygens (including phenoxy) is 1. The molecule has 0 fully saturated rings. The number of halogens is 2. The lowest BCUT2D eigenvalue weighted by Crippen LogP contribution is -2.03. The van der Waals surface area contributed by atoms with Gasteiger partial charge in [0.15, 0.2) is 0 Å². The summed E-state index contributed by atoms with van der Waals surface area (Å²) in [6, 6.07) is 13.5. The van der Waals surface area contributed by atoms with Crippen molar-refractivity contribution in [1.29, 1.82) is 0 Å². The lowest BCUT2D eigenvalue weighted by atomic mass is 10.0. The van der Waals surface area contributed by atoms with Crippen molar-refractivity contribution in [2.75, 3.05) is 7.11 Å². The molecule has 100 valence electrons. The molecular formula is C15H14Br2O2. The fourth-order valence-corrected chi connectivity index (χ4v) is 2.86. The number of benzene rings is 2. The third kappa shape index (κ3) is 3.81. The summed E-state index contributed by atoms with van der Waals surface area (Å²) in [5.41, 5.74) is 1.91. The Labute approximate surface area is 129 Å². The summed E-state index contributed by atoms with van der Waals surface area (Å²) in [6.07, 6.45) is -0.00986. The predicted octanol–water partition coefficient (Wildman–Crippen LogP) is 4.50. The van der Waals surface area contributed by atoms with Crippen LogP contribution in [0.15, 0.2) is 51.4 Å². The van der Waals surface area contributed by atoms with E-state index in [1.165, 1.54) is 0 Å². The highest BCUT2D eigenvalue weighted by atomic mass is 79.9. The van der Waals surface area contributed by atoms with Gasteiger partial charge in [0, 0.05) is 15.4 Å². The molecule has 0 saturated heterocycles. The average Bonchev–Trinajstić information content (AvgIpc) is 2.39. The van der Waals surface area contributed by atoms with Crippen LogP contribution in [0.1, 0.15) is 17.2 Å². The van der Waals surface area contributed by atoms with Crippen molar-refractivity contribution >= 4 is 31.9 Å². The van der Waals surface area contributed by atoms with Crippen LogP contribution in [0.3, 0.4) is 0 Å². The lowest BCUT2D eigenvalue weighted by Gasteiger charge is -2.14. The van der Waals surface area contributed by atoms with Crippen LogP contribution in [-0.2, 0) is 6.42 Å². The lowest BCUT2D eigenvalue weighted by molar-refractivity contribution is 0.177. The summed E-state index contributed by atoms with van der Waals surface area (Å²) in [5, 5.41) is 10.4. The zero-order valence-electron chi connectivity index (χ0n) is 10.4. The molecular weight excluding hydrogens is 372 g/mol. The quantitative estimate of drug-likeness (QED) is 0.839. The molecule has 0 amide bonds. The topological polar surface area (TPSA) is 29.5 Å².